The van der Waals surface area contributed by atoms with Crippen LogP contribution >= 0.6 is 11.8 Å². The number of nitrogen functional groups attached to an aromatic ring is 1. The highest BCUT2D eigenvalue weighted by atomic mass is 32.2. The van der Waals surface area contributed by atoms with Crippen LogP contribution in [0.2, 0.25) is 0 Å². The fourth-order valence-electron chi connectivity index (χ4n) is 1.22. The van der Waals surface area contributed by atoms with Gasteiger partial charge in [0.1, 0.15) is 5.82 Å². The Kier molecular flexibility index (Phi) is 5.11. The van der Waals surface area contributed by atoms with E-state index in [1.54, 1.807) is 11.8 Å². The molecule has 16 heavy (non-hydrogen) atoms. The minimum atomic E-state index is -0.472. The van der Waals surface area contributed by atoms with Gasteiger partial charge in [-0.2, -0.15) is 11.8 Å². The first-order chi connectivity index (χ1) is 7.63. The third-order valence-electron chi connectivity index (χ3n) is 2.03. The summed E-state index contributed by atoms with van der Waals surface area (Å²) >= 11 is 1.70. The van der Waals surface area contributed by atoms with Gasteiger partial charge in [0.05, 0.1) is 5.69 Å². The highest BCUT2D eigenvalue weighted by Crippen LogP contribution is 2.16. The van der Waals surface area contributed by atoms with Crippen molar-refractivity contribution in [3.05, 3.63) is 24.0 Å². The van der Waals surface area contributed by atoms with E-state index in [4.69, 9.17) is 5.73 Å². The maximum absolute atomic E-state index is 12.8. The molecule has 0 aliphatic rings. The normalized spacial score (nSPS) is 10.1. The Hall–Kier alpha value is -1.23. The number of benzene rings is 1. The van der Waals surface area contributed by atoms with Gasteiger partial charge in [-0.15, -0.1) is 0 Å². The molecule has 0 atom stereocenters. The summed E-state index contributed by atoms with van der Waals surface area (Å²) < 4.78 is 12.8. The zero-order valence-electron chi connectivity index (χ0n) is 9.13. The predicted molar refractivity (Wildman–Crippen MR) is 67.1 cm³/mol. The summed E-state index contributed by atoms with van der Waals surface area (Å²) in [6.07, 6.45) is 3.31. The van der Waals surface area contributed by atoms with E-state index in [2.05, 4.69) is 5.32 Å². The summed E-state index contributed by atoms with van der Waals surface area (Å²) in [6, 6.07) is 4.16. The average molecular weight is 242 g/mol. The van der Waals surface area contributed by atoms with Gasteiger partial charge >= 0.3 is 0 Å². The standard InChI is InChI=1S/C11H15FN2OS/c1-16-6-2-3-11(15)14-8-4-5-9(12)10(13)7-8/h4-5,7H,2-3,6,13H2,1H3,(H,14,15). The van der Waals surface area contributed by atoms with Gasteiger partial charge in [-0.3, -0.25) is 4.79 Å². The molecular weight excluding hydrogens is 227 g/mol. The van der Waals surface area contributed by atoms with Crippen molar-refractivity contribution < 1.29 is 9.18 Å². The Labute approximate surface area is 98.6 Å². The van der Waals surface area contributed by atoms with E-state index in [0.717, 1.165) is 12.2 Å². The quantitative estimate of drug-likeness (QED) is 0.616. The first kappa shape index (κ1) is 12.8. The van der Waals surface area contributed by atoms with Crippen LogP contribution in [0.15, 0.2) is 18.2 Å². The van der Waals surface area contributed by atoms with Gasteiger partial charge in [0.2, 0.25) is 5.91 Å². The van der Waals surface area contributed by atoms with Gasteiger partial charge in [-0.1, -0.05) is 0 Å². The van der Waals surface area contributed by atoms with Crippen molar-refractivity contribution >= 4 is 29.0 Å². The number of carbonyl (C=O) groups excluding carboxylic acids is 1. The molecule has 5 heteroatoms. The Bertz CT molecular complexity index is 371. The molecule has 3 N–H and O–H groups in total. The molecule has 0 spiro atoms. The average Bonchev–Trinajstić information content (AvgIpc) is 2.24. The van der Waals surface area contributed by atoms with Crippen molar-refractivity contribution in [1.29, 1.82) is 0 Å². The van der Waals surface area contributed by atoms with Crippen LogP contribution in [-0.4, -0.2) is 17.9 Å². The van der Waals surface area contributed by atoms with E-state index >= 15 is 0 Å². The highest BCUT2D eigenvalue weighted by molar-refractivity contribution is 7.98. The highest BCUT2D eigenvalue weighted by Gasteiger charge is 2.04. The Morgan fingerprint density at radius 1 is 1.56 bits per heavy atom. The third-order valence-corrected chi connectivity index (χ3v) is 2.73. The largest absolute Gasteiger partial charge is 0.396 e. The fourth-order valence-corrected chi connectivity index (χ4v) is 1.66. The number of anilines is 2. The van der Waals surface area contributed by atoms with Crippen LogP contribution in [0.1, 0.15) is 12.8 Å². The summed E-state index contributed by atoms with van der Waals surface area (Å²) in [5.41, 5.74) is 5.97. The molecule has 88 valence electrons. The second kappa shape index (κ2) is 6.37. The van der Waals surface area contributed by atoms with Gasteiger partial charge < -0.3 is 11.1 Å². The van der Waals surface area contributed by atoms with Crippen molar-refractivity contribution in [1.82, 2.24) is 0 Å². The topological polar surface area (TPSA) is 55.1 Å². The van der Waals surface area contributed by atoms with E-state index < -0.39 is 5.82 Å². The molecule has 3 nitrogen and oxygen atoms in total. The molecule has 1 amide bonds. The molecule has 0 saturated carbocycles. The summed E-state index contributed by atoms with van der Waals surface area (Å²) in [4.78, 5) is 11.4. The molecule has 0 aliphatic carbocycles. The van der Waals surface area contributed by atoms with Crippen LogP contribution in [0.4, 0.5) is 15.8 Å². The van der Waals surface area contributed by atoms with Crippen LogP contribution in [0.25, 0.3) is 0 Å². The molecular formula is C11H15FN2OS. The molecule has 0 radical (unpaired) electrons. The lowest BCUT2D eigenvalue weighted by Crippen LogP contribution is -2.11. The number of hydrogen-bond donors (Lipinski definition) is 2. The number of thioether (sulfide) groups is 1. The minimum Gasteiger partial charge on any atom is -0.396 e. The van der Waals surface area contributed by atoms with E-state index in [0.29, 0.717) is 12.1 Å². The smallest absolute Gasteiger partial charge is 0.224 e. The molecule has 1 rings (SSSR count). The molecule has 0 fully saturated rings. The van der Waals surface area contributed by atoms with Crippen molar-refractivity contribution in [2.75, 3.05) is 23.1 Å². The molecule has 1 aromatic rings. The fraction of sp³-hybridized carbons (Fsp3) is 0.364. The van der Waals surface area contributed by atoms with Gasteiger partial charge in [-0.05, 0) is 36.6 Å². The summed E-state index contributed by atoms with van der Waals surface area (Å²) in [5, 5.41) is 2.67. The first-order valence-corrected chi connectivity index (χ1v) is 6.36. The third kappa shape index (κ3) is 4.10. The zero-order chi connectivity index (χ0) is 12.0. The summed E-state index contributed by atoms with van der Waals surface area (Å²) in [6.45, 7) is 0. The lowest BCUT2D eigenvalue weighted by atomic mass is 10.2. The maximum Gasteiger partial charge on any atom is 0.224 e. The van der Waals surface area contributed by atoms with E-state index in [1.807, 2.05) is 6.26 Å². The molecule has 1 aromatic carbocycles. The second-order valence-electron chi connectivity index (χ2n) is 3.38. The number of nitrogens with one attached hydrogen (secondary N) is 1. The van der Waals surface area contributed by atoms with Crippen molar-refractivity contribution in [3.63, 3.8) is 0 Å². The van der Waals surface area contributed by atoms with Gasteiger partial charge in [0, 0.05) is 12.1 Å². The monoisotopic (exact) mass is 242 g/mol. The van der Waals surface area contributed by atoms with Gasteiger partial charge in [0.25, 0.3) is 0 Å². The predicted octanol–water partition coefficient (Wildman–Crippen LogP) is 2.49. The van der Waals surface area contributed by atoms with Gasteiger partial charge in [0.15, 0.2) is 0 Å². The summed E-state index contributed by atoms with van der Waals surface area (Å²) in [5.74, 6) is 0.416. The minimum absolute atomic E-state index is 0.0434. The molecule has 0 aliphatic heterocycles. The molecule has 0 bridgehead atoms. The Morgan fingerprint density at radius 2 is 2.31 bits per heavy atom. The van der Waals surface area contributed by atoms with Crippen LogP contribution < -0.4 is 11.1 Å². The Balaban J connectivity index is 2.46. The lowest BCUT2D eigenvalue weighted by molar-refractivity contribution is -0.116. The van der Waals surface area contributed by atoms with Crippen LogP contribution in [0.5, 0.6) is 0 Å². The van der Waals surface area contributed by atoms with Crippen LogP contribution in [0, 0.1) is 5.82 Å². The van der Waals surface area contributed by atoms with E-state index in [9.17, 15) is 9.18 Å². The SMILES string of the molecule is CSCCCC(=O)Nc1ccc(F)c(N)c1. The molecule has 0 heterocycles. The van der Waals surface area contributed by atoms with Gasteiger partial charge in [-0.25, -0.2) is 4.39 Å². The van der Waals surface area contributed by atoms with E-state index in [1.165, 1.54) is 18.2 Å². The maximum atomic E-state index is 12.8. The van der Waals surface area contributed by atoms with E-state index in [-0.39, 0.29) is 11.6 Å². The number of halogens is 1. The first-order valence-electron chi connectivity index (χ1n) is 4.97. The van der Waals surface area contributed by atoms with Crippen LogP contribution in [-0.2, 0) is 4.79 Å². The second-order valence-corrected chi connectivity index (χ2v) is 4.37. The number of hydrogen-bond acceptors (Lipinski definition) is 3. The lowest BCUT2D eigenvalue weighted by Gasteiger charge is -2.06. The Morgan fingerprint density at radius 3 is 2.94 bits per heavy atom. The van der Waals surface area contributed by atoms with Crippen molar-refractivity contribution in [2.45, 2.75) is 12.8 Å². The van der Waals surface area contributed by atoms with Crippen molar-refractivity contribution in [2.24, 2.45) is 0 Å². The molecule has 0 saturated heterocycles. The number of amides is 1. The van der Waals surface area contributed by atoms with Crippen molar-refractivity contribution in [3.8, 4) is 0 Å². The summed E-state index contributed by atoms with van der Waals surface area (Å²) in [7, 11) is 0. The number of nitrogens with two attached hydrogens (primary N) is 1. The zero-order valence-corrected chi connectivity index (χ0v) is 9.94. The number of carbonyl (C=O) groups is 1. The van der Waals surface area contributed by atoms with Crippen LogP contribution in [0.3, 0.4) is 0 Å². The number of rotatable bonds is 5. The molecule has 0 unspecified atom stereocenters. The molecule has 0 aromatic heterocycles.